The SMILES string of the molecule is CC(C)(C)OC(=O)C[C@@H](N)c1c(F)cc(F)cc1Br. The summed E-state index contributed by atoms with van der Waals surface area (Å²) in [6, 6.07) is 0.937. The molecule has 0 amide bonds. The number of nitrogens with two attached hydrogens (primary N) is 1. The maximum Gasteiger partial charge on any atom is 0.308 e. The van der Waals surface area contributed by atoms with E-state index in [2.05, 4.69) is 15.9 Å². The number of hydrogen-bond acceptors (Lipinski definition) is 3. The zero-order chi connectivity index (χ0) is 14.8. The maximum absolute atomic E-state index is 13.6. The maximum atomic E-state index is 13.6. The van der Waals surface area contributed by atoms with E-state index in [-0.39, 0.29) is 16.5 Å². The number of carbonyl (C=O) groups excluding carboxylic acids is 1. The highest BCUT2D eigenvalue weighted by molar-refractivity contribution is 9.10. The molecule has 0 bridgehead atoms. The summed E-state index contributed by atoms with van der Waals surface area (Å²) in [5, 5.41) is 0. The van der Waals surface area contributed by atoms with Gasteiger partial charge in [0.1, 0.15) is 17.2 Å². The van der Waals surface area contributed by atoms with Crippen molar-refractivity contribution in [2.75, 3.05) is 0 Å². The summed E-state index contributed by atoms with van der Waals surface area (Å²) in [5.74, 6) is -2.03. The van der Waals surface area contributed by atoms with Gasteiger partial charge < -0.3 is 10.5 Å². The first-order valence-corrected chi connectivity index (χ1v) is 6.51. The average molecular weight is 336 g/mol. The van der Waals surface area contributed by atoms with Crippen LogP contribution in [0.25, 0.3) is 0 Å². The highest BCUT2D eigenvalue weighted by atomic mass is 79.9. The summed E-state index contributed by atoms with van der Waals surface area (Å²) in [5.41, 5.74) is 5.21. The molecule has 6 heteroatoms. The van der Waals surface area contributed by atoms with Crippen LogP contribution in [-0.4, -0.2) is 11.6 Å². The zero-order valence-corrected chi connectivity index (χ0v) is 12.6. The fourth-order valence-electron chi connectivity index (χ4n) is 1.57. The molecule has 0 fully saturated rings. The van der Waals surface area contributed by atoms with Crippen LogP contribution >= 0.6 is 15.9 Å². The number of benzene rings is 1. The van der Waals surface area contributed by atoms with Crippen LogP contribution in [0.15, 0.2) is 16.6 Å². The van der Waals surface area contributed by atoms with E-state index in [0.29, 0.717) is 0 Å². The zero-order valence-electron chi connectivity index (χ0n) is 11.0. The van der Waals surface area contributed by atoms with Crippen LogP contribution in [0, 0.1) is 11.6 Å². The van der Waals surface area contributed by atoms with Crippen molar-refractivity contribution in [2.24, 2.45) is 5.73 Å². The molecule has 1 rings (SSSR count). The molecule has 19 heavy (non-hydrogen) atoms. The fourth-order valence-corrected chi connectivity index (χ4v) is 2.27. The molecule has 0 spiro atoms. The highest BCUT2D eigenvalue weighted by Gasteiger charge is 2.23. The molecule has 0 aromatic heterocycles. The van der Waals surface area contributed by atoms with Crippen LogP contribution in [0.2, 0.25) is 0 Å². The largest absolute Gasteiger partial charge is 0.460 e. The molecule has 0 unspecified atom stereocenters. The van der Waals surface area contributed by atoms with Crippen molar-refractivity contribution in [1.82, 2.24) is 0 Å². The molecule has 0 radical (unpaired) electrons. The fraction of sp³-hybridized carbons (Fsp3) is 0.462. The van der Waals surface area contributed by atoms with Gasteiger partial charge in [-0.3, -0.25) is 4.79 Å². The van der Waals surface area contributed by atoms with Gasteiger partial charge in [-0.2, -0.15) is 0 Å². The van der Waals surface area contributed by atoms with Gasteiger partial charge in [0.15, 0.2) is 0 Å². The van der Waals surface area contributed by atoms with E-state index in [1.165, 1.54) is 0 Å². The van der Waals surface area contributed by atoms with Gasteiger partial charge in [-0.15, -0.1) is 0 Å². The Morgan fingerprint density at radius 2 is 2.00 bits per heavy atom. The molecule has 1 aromatic carbocycles. The number of rotatable bonds is 3. The van der Waals surface area contributed by atoms with Crippen molar-refractivity contribution < 1.29 is 18.3 Å². The Balaban J connectivity index is 2.85. The van der Waals surface area contributed by atoms with E-state index < -0.39 is 29.2 Å². The molecule has 3 nitrogen and oxygen atoms in total. The van der Waals surface area contributed by atoms with Crippen LogP contribution in [0.1, 0.15) is 38.8 Å². The second kappa shape index (κ2) is 5.96. The molecule has 0 aliphatic carbocycles. The standard InChI is InChI=1S/C13H16BrF2NO2/c1-13(2,3)19-11(18)6-10(17)12-8(14)4-7(15)5-9(12)16/h4-5,10H,6,17H2,1-3H3/t10-/m1/s1. The van der Waals surface area contributed by atoms with Crippen molar-refractivity contribution in [3.05, 3.63) is 33.8 Å². The summed E-state index contributed by atoms with van der Waals surface area (Å²) >= 11 is 3.04. The van der Waals surface area contributed by atoms with Gasteiger partial charge in [0.2, 0.25) is 0 Å². The predicted molar refractivity (Wildman–Crippen MR) is 71.4 cm³/mol. The van der Waals surface area contributed by atoms with E-state index >= 15 is 0 Å². The molecule has 106 valence electrons. The van der Waals surface area contributed by atoms with Gasteiger partial charge in [0.05, 0.1) is 6.42 Å². The molecule has 0 aliphatic heterocycles. The van der Waals surface area contributed by atoms with Gasteiger partial charge in [0, 0.05) is 22.1 Å². The number of carbonyl (C=O) groups is 1. The lowest BCUT2D eigenvalue weighted by Gasteiger charge is -2.21. The summed E-state index contributed by atoms with van der Waals surface area (Å²) in [7, 11) is 0. The molecule has 2 N–H and O–H groups in total. The van der Waals surface area contributed by atoms with Crippen molar-refractivity contribution in [1.29, 1.82) is 0 Å². The number of hydrogen-bond donors (Lipinski definition) is 1. The summed E-state index contributed by atoms with van der Waals surface area (Å²) in [4.78, 5) is 11.6. The Morgan fingerprint density at radius 1 is 1.42 bits per heavy atom. The first-order chi connectivity index (χ1) is 8.60. The van der Waals surface area contributed by atoms with E-state index in [1.807, 2.05) is 0 Å². The molecule has 0 heterocycles. The second-order valence-electron chi connectivity index (χ2n) is 5.18. The van der Waals surface area contributed by atoms with Gasteiger partial charge in [-0.1, -0.05) is 15.9 Å². The van der Waals surface area contributed by atoms with Crippen LogP contribution in [0.3, 0.4) is 0 Å². The monoisotopic (exact) mass is 335 g/mol. The smallest absolute Gasteiger partial charge is 0.308 e. The number of esters is 1. The summed E-state index contributed by atoms with van der Waals surface area (Å²) < 4.78 is 31.9. The van der Waals surface area contributed by atoms with Crippen molar-refractivity contribution in [3.8, 4) is 0 Å². The van der Waals surface area contributed by atoms with Crippen LogP contribution in [0.4, 0.5) is 8.78 Å². The quantitative estimate of drug-likeness (QED) is 0.860. The van der Waals surface area contributed by atoms with Crippen molar-refractivity contribution in [3.63, 3.8) is 0 Å². The Morgan fingerprint density at radius 3 is 2.47 bits per heavy atom. The van der Waals surface area contributed by atoms with E-state index in [4.69, 9.17) is 10.5 Å². The number of halogens is 3. The minimum Gasteiger partial charge on any atom is -0.460 e. The van der Waals surface area contributed by atoms with Gasteiger partial charge in [-0.05, 0) is 26.8 Å². The topological polar surface area (TPSA) is 52.3 Å². The van der Waals surface area contributed by atoms with Crippen molar-refractivity contribution in [2.45, 2.75) is 38.8 Å². The normalized spacial score (nSPS) is 13.2. The van der Waals surface area contributed by atoms with Crippen LogP contribution in [-0.2, 0) is 9.53 Å². The minimum absolute atomic E-state index is 0.0623. The van der Waals surface area contributed by atoms with E-state index in [1.54, 1.807) is 20.8 Å². The Labute approximate surface area is 119 Å². The first-order valence-electron chi connectivity index (χ1n) is 5.72. The Kier molecular flexibility index (Phi) is 5.04. The van der Waals surface area contributed by atoms with Gasteiger partial charge in [-0.25, -0.2) is 8.78 Å². The summed E-state index contributed by atoms with van der Waals surface area (Å²) in [6.07, 6.45) is -0.182. The molecule has 1 atom stereocenters. The number of ether oxygens (including phenoxy) is 1. The lowest BCUT2D eigenvalue weighted by Crippen LogP contribution is -2.27. The Bertz CT molecular complexity index is 463. The predicted octanol–water partition coefficient (Wildman–Crippen LogP) is 3.46. The first kappa shape index (κ1) is 16.0. The molecule has 0 aliphatic rings. The lowest BCUT2D eigenvalue weighted by molar-refractivity contribution is -0.155. The minimum atomic E-state index is -0.898. The van der Waals surface area contributed by atoms with Gasteiger partial charge >= 0.3 is 5.97 Å². The third kappa shape index (κ3) is 4.87. The highest BCUT2D eigenvalue weighted by Crippen LogP contribution is 2.28. The van der Waals surface area contributed by atoms with Crippen LogP contribution in [0.5, 0.6) is 0 Å². The molecule has 0 saturated carbocycles. The third-order valence-electron chi connectivity index (χ3n) is 2.22. The van der Waals surface area contributed by atoms with E-state index in [0.717, 1.165) is 12.1 Å². The van der Waals surface area contributed by atoms with Gasteiger partial charge in [0.25, 0.3) is 0 Å². The lowest BCUT2D eigenvalue weighted by atomic mass is 10.0. The second-order valence-corrected chi connectivity index (χ2v) is 6.03. The van der Waals surface area contributed by atoms with Crippen molar-refractivity contribution >= 4 is 21.9 Å². The molecular formula is C13H16BrF2NO2. The molecular weight excluding hydrogens is 320 g/mol. The Hall–Kier alpha value is -1.01. The summed E-state index contributed by atoms with van der Waals surface area (Å²) in [6.45, 7) is 5.18. The molecule has 0 saturated heterocycles. The third-order valence-corrected chi connectivity index (χ3v) is 2.88. The molecule has 1 aromatic rings. The average Bonchev–Trinajstić information content (AvgIpc) is 2.10. The van der Waals surface area contributed by atoms with E-state index in [9.17, 15) is 13.6 Å². The van der Waals surface area contributed by atoms with Crippen LogP contribution < -0.4 is 5.73 Å².